The van der Waals surface area contributed by atoms with Gasteiger partial charge in [0.25, 0.3) is 5.91 Å². The summed E-state index contributed by atoms with van der Waals surface area (Å²) in [5.41, 5.74) is 2.40. The Hall–Kier alpha value is -3.15. The maximum Gasteiger partial charge on any atom is 0.257 e. The van der Waals surface area contributed by atoms with Gasteiger partial charge in [0, 0.05) is 56.7 Å². The third kappa shape index (κ3) is 4.44. The fourth-order valence-electron chi connectivity index (χ4n) is 2.45. The highest BCUT2D eigenvalue weighted by atomic mass is 16.2. The smallest absolute Gasteiger partial charge is 0.257 e. The van der Waals surface area contributed by atoms with Crippen LogP contribution in [0.4, 0.5) is 0 Å². The predicted octanol–water partition coefficient (Wildman–Crippen LogP) is 2.67. The minimum atomic E-state index is -0.115. The van der Waals surface area contributed by atoms with E-state index in [-0.39, 0.29) is 5.91 Å². The molecule has 3 heterocycles. The predicted molar refractivity (Wildman–Crippen MR) is 93.5 cm³/mol. The lowest BCUT2D eigenvalue weighted by Crippen LogP contribution is -2.30. The van der Waals surface area contributed by atoms with Crippen LogP contribution in [0.15, 0.2) is 61.4 Å². The standard InChI is InChI=1S/C19H19N5O/c1-2-18-22-11-17(12-23-18)19(25)24(13-15-5-3-7-20-9-15)14-16-6-4-8-21-10-16/h3-12H,2,13-14H2,1H3. The molecule has 0 atom stereocenters. The lowest BCUT2D eigenvalue weighted by molar-refractivity contribution is 0.0728. The number of rotatable bonds is 6. The van der Waals surface area contributed by atoms with Gasteiger partial charge >= 0.3 is 0 Å². The highest BCUT2D eigenvalue weighted by Gasteiger charge is 2.18. The highest BCUT2D eigenvalue weighted by Crippen LogP contribution is 2.13. The molecular formula is C19H19N5O. The summed E-state index contributed by atoms with van der Waals surface area (Å²) in [6, 6.07) is 7.63. The molecule has 0 bridgehead atoms. The normalized spacial score (nSPS) is 10.4. The van der Waals surface area contributed by atoms with Crippen LogP contribution in [-0.2, 0) is 19.5 Å². The first kappa shape index (κ1) is 16.7. The molecule has 3 aromatic rings. The average Bonchev–Trinajstić information content (AvgIpc) is 2.68. The van der Waals surface area contributed by atoms with E-state index in [1.807, 2.05) is 31.2 Å². The Morgan fingerprint density at radius 3 is 1.92 bits per heavy atom. The van der Waals surface area contributed by atoms with Crippen molar-refractivity contribution in [1.82, 2.24) is 24.8 Å². The van der Waals surface area contributed by atoms with Gasteiger partial charge in [-0.1, -0.05) is 19.1 Å². The zero-order valence-electron chi connectivity index (χ0n) is 14.0. The number of aryl methyl sites for hydroxylation is 1. The number of carbonyl (C=O) groups is 1. The lowest BCUT2D eigenvalue weighted by Gasteiger charge is -2.22. The van der Waals surface area contributed by atoms with E-state index in [0.29, 0.717) is 18.7 Å². The van der Waals surface area contributed by atoms with Crippen LogP contribution in [0, 0.1) is 0 Å². The van der Waals surface area contributed by atoms with Crippen LogP contribution in [0.5, 0.6) is 0 Å². The topological polar surface area (TPSA) is 71.9 Å². The Balaban J connectivity index is 1.84. The van der Waals surface area contributed by atoms with E-state index < -0.39 is 0 Å². The van der Waals surface area contributed by atoms with Gasteiger partial charge in [-0.15, -0.1) is 0 Å². The molecule has 0 saturated heterocycles. The van der Waals surface area contributed by atoms with Crippen molar-refractivity contribution in [1.29, 1.82) is 0 Å². The van der Waals surface area contributed by atoms with Gasteiger partial charge < -0.3 is 4.90 Å². The molecule has 0 radical (unpaired) electrons. The molecule has 6 heteroatoms. The van der Waals surface area contributed by atoms with Crippen LogP contribution >= 0.6 is 0 Å². The van der Waals surface area contributed by atoms with E-state index in [1.165, 1.54) is 0 Å². The van der Waals surface area contributed by atoms with Gasteiger partial charge in [0.05, 0.1) is 5.56 Å². The third-order valence-corrected chi connectivity index (χ3v) is 3.75. The van der Waals surface area contributed by atoms with Crippen molar-refractivity contribution in [3.05, 3.63) is 84.0 Å². The van der Waals surface area contributed by atoms with Gasteiger partial charge in [-0.25, -0.2) is 9.97 Å². The monoisotopic (exact) mass is 333 g/mol. The number of aromatic nitrogens is 4. The SMILES string of the molecule is CCc1ncc(C(=O)N(Cc2cccnc2)Cc2cccnc2)cn1. The fourth-order valence-corrected chi connectivity index (χ4v) is 2.45. The molecular weight excluding hydrogens is 314 g/mol. The van der Waals surface area contributed by atoms with Crippen molar-refractivity contribution >= 4 is 5.91 Å². The molecule has 0 fully saturated rings. The maximum atomic E-state index is 13.0. The van der Waals surface area contributed by atoms with Crippen molar-refractivity contribution < 1.29 is 4.79 Å². The molecule has 0 aliphatic carbocycles. The molecule has 6 nitrogen and oxygen atoms in total. The van der Waals surface area contributed by atoms with E-state index in [2.05, 4.69) is 19.9 Å². The quantitative estimate of drug-likeness (QED) is 0.693. The minimum Gasteiger partial charge on any atom is -0.330 e. The molecule has 0 N–H and O–H groups in total. The third-order valence-electron chi connectivity index (χ3n) is 3.75. The van der Waals surface area contributed by atoms with E-state index in [1.54, 1.807) is 42.1 Å². The van der Waals surface area contributed by atoms with Crippen molar-refractivity contribution in [2.24, 2.45) is 0 Å². The number of hydrogen-bond donors (Lipinski definition) is 0. The Morgan fingerprint density at radius 2 is 1.48 bits per heavy atom. The molecule has 0 unspecified atom stereocenters. The minimum absolute atomic E-state index is 0.115. The summed E-state index contributed by atoms with van der Waals surface area (Å²) in [5.74, 6) is 0.609. The maximum absolute atomic E-state index is 13.0. The average molecular weight is 333 g/mol. The van der Waals surface area contributed by atoms with Crippen LogP contribution in [0.25, 0.3) is 0 Å². The molecule has 0 spiro atoms. The first-order valence-electron chi connectivity index (χ1n) is 8.14. The van der Waals surface area contributed by atoms with Crippen LogP contribution in [0.1, 0.15) is 34.2 Å². The van der Waals surface area contributed by atoms with Crippen molar-refractivity contribution in [2.75, 3.05) is 0 Å². The van der Waals surface area contributed by atoms with Crippen molar-refractivity contribution in [3.8, 4) is 0 Å². The van der Waals surface area contributed by atoms with Gasteiger partial charge in [-0.3, -0.25) is 14.8 Å². The molecule has 0 saturated carbocycles. The van der Waals surface area contributed by atoms with Crippen molar-refractivity contribution in [3.63, 3.8) is 0 Å². The first-order chi connectivity index (χ1) is 12.3. The number of pyridine rings is 2. The summed E-state index contributed by atoms with van der Waals surface area (Å²) >= 11 is 0. The first-order valence-corrected chi connectivity index (χ1v) is 8.14. The lowest BCUT2D eigenvalue weighted by atomic mass is 10.2. The van der Waals surface area contributed by atoms with Gasteiger partial charge in [-0.05, 0) is 23.3 Å². The summed E-state index contributed by atoms with van der Waals surface area (Å²) in [7, 11) is 0. The zero-order valence-corrected chi connectivity index (χ0v) is 14.0. The molecule has 0 aromatic carbocycles. The molecule has 0 aliphatic rings. The second kappa shape index (κ2) is 8.10. The second-order valence-electron chi connectivity index (χ2n) is 5.63. The van der Waals surface area contributed by atoms with Gasteiger partial charge in [0.15, 0.2) is 0 Å². The van der Waals surface area contributed by atoms with Gasteiger partial charge in [-0.2, -0.15) is 0 Å². The van der Waals surface area contributed by atoms with E-state index in [4.69, 9.17) is 0 Å². The molecule has 3 aromatic heterocycles. The van der Waals surface area contributed by atoms with Gasteiger partial charge in [0.2, 0.25) is 0 Å². The van der Waals surface area contributed by atoms with Crippen molar-refractivity contribution in [2.45, 2.75) is 26.4 Å². The molecule has 3 rings (SSSR count). The summed E-state index contributed by atoms with van der Waals surface area (Å²) < 4.78 is 0. The van der Waals surface area contributed by atoms with Crippen LogP contribution in [-0.4, -0.2) is 30.7 Å². The molecule has 126 valence electrons. The Labute approximate surface area is 146 Å². The summed E-state index contributed by atoms with van der Waals surface area (Å²) in [4.78, 5) is 31.4. The summed E-state index contributed by atoms with van der Waals surface area (Å²) in [6.45, 7) is 2.89. The summed E-state index contributed by atoms with van der Waals surface area (Å²) in [5, 5.41) is 0. The Bertz CT molecular complexity index is 765. The van der Waals surface area contributed by atoms with E-state index >= 15 is 0 Å². The Morgan fingerprint density at radius 1 is 0.920 bits per heavy atom. The van der Waals surface area contributed by atoms with Gasteiger partial charge in [0.1, 0.15) is 5.82 Å². The van der Waals surface area contributed by atoms with Crippen LogP contribution < -0.4 is 0 Å². The molecule has 25 heavy (non-hydrogen) atoms. The number of amides is 1. The van der Waals surface area contributed by atoms with Crippen LogP contribution in [0.3, 0.4) is 0 Å². The van der Waals surface area contributed by atoms with E-state index in [0.717, 1.165) is 23.4 Å². The largest absolute Gasteiger partial charge is 0.330 e. The van der Waals surface area contributed by atoms with Crippen LogP contribution in [0.2, 0.25) is 0 Å². The highest BCUT2D eigenvalue weighted by molar-refractivity contribution is 5.93. The van der Waals surface area contributed by atoms with E-state index in [9.17, 15) is 4.79 Å². The number of hydrogen-bond acceptors (Lipinski definition) is 5. The fraction of sp³-hybridized carbons (Fsp3) is 0.211. The Kier molecular flexibility index (Phi) is 5.41. The summed E-state index contributed by atoms with van der Waals surface area (Å²) in [6.07, 6.45) is 10.9. The zero-order chi connectivity index (χ0) is 17.5. The molecule has 1 amide bonds. The molecule has 0 aliphatic heterocycles. The number of nitrogens with zero attached hydrogens (tertiary/aromatic N) is 5. The second-order valence-corrected chi connectivity index (χ2v) is 5.63. The number of carbonyl (C=O) groups excluding carboxylic acids is 1.